The van der Waals surface area contributed by atoms with Crippen LogP contribution in [0.1, 0.15) is 24.8 Å². The Kier molecular flexibility index (Phi) is 4.20. The number of carbonyl (C=O) groups is 1. The van der Waals surface area contributed by atoms with Crippen LogP contribution in [0.2, 0.25) is 0 Å². The summed E-state index contributed by atoms with van der Waals surface area (Å²) in [6.45, 7) is 3.59. The molecule has 18 heavy (non-hydrogen) atoms. The van der Waals surface area contributed by atoms with Crippen molar-refractivity contribution < 1.29 is 9.53 Å². The van der Waals surface area contributed by atoms with Crippen LogP contribution in [0.5, 0.6) is 5.75 Å². The zero-order valence-corrected chi connectivity index (χ0v) is 10.7. The SMILES string of the molecule is CC(CN)C(=O)NCC1CCOc2ccccc21. The van der Waals surface area contributed by atoms with Crippen LogP contribution < -0.4 is 15.8 Å². The van der Waals surface area contributed by atoms with E-state index in [0.29, 0.717) is 25.6 Å². The second kappa shape index (κ2) is 5.87. The summed E-state index contributed by atoms with van der Waals surface area (Å²) in [4.78, 5) is 11.7. The van der Waals surface area contributed by atoms with E-state index in [-0.39, 0.29) is 11.8 Å². The number of carbonyl (C=O) groups excluding carboxylic acids is 1. The van der Waals surface area contributed by atoms with E-state index in [4.69, 9.17) is 10.5 Å². The lowest BCUT2D eigenvalue weighted by atomic mass is 9.93. The number of hydrogen-bond donors (Lipinski definition) is 2. The fourth-order valence-electron chi connectivity index (χ4n) is 2.13. The lowest BCUT2D eigenvalue weighted by Crippen LogP contribution is -2.36. The summed E-state index contributed by atoms with van der Waals surface area (Å²) in [5.41, 5.74) is 6.66. The highest BCUT2D eigenvalue weighted by Crippen LogP contribution is 2.32. The Bertz CT molecular complexity index is 420. The van der Waals surface area contributed by atoms with Gasteiger partial charge >= 0.3 is 0 Å². The molecule has 4 nitrogen and oxygen atoms in total. The van der Waals surface area contributed by atoms with E-state index in [1.165, 1.54) is 5.56 Å². The Hall–Kier alpha value is -1.55. The Morgan fingerprint density at radius 1 is 1.56 bits per heavy atom. The summed E-state index contributed by atoms with van der Waals surface area (Å²) in [7, 11) is 0. The first-order valence-electron chi connectivity index (χ1n) is 6.42. The van der Waals surface area contributed by atoms with Crippen molar-refractivity contribution in [3.8, 4) is 5.75 Å². The van der Waals surface area contributed by atoms with E-state index in [0.717, 1.165) is 12.2 Å². The van der Waals surface area contributed by atoms with Gasteiger partial charge in [-0.3, -0.25) is 4.79 Å². The topological polar surface area (TPSA) is 64.4 Å². The number of hydrogen-bond acceptors (Lipinski definition) is 3. The molecule has 1 aromatic carbocycles. The van der Waals surface area contributed by atoms with Crippen LogP contribution in [0.3, 0.4) is 0 Å². The third kappa shape index (κ3) is 2.82. The van der Waals surface area contributed by atoms with Gasteiger partial charge < -0.3 is 15.8 Å². The second-order valence-electron chi connectivity index (χ2n) is 4.75. The molecular weight excluding hydrogens is 228 g/mol. The quantitative estimate of drug-likeness (QED) is 0.843. The first kappa shape index (κ1) is 12.9. The van der Waals surface area contributed by atoms with Crippen LogP contribution in [-0.2, 0) is 4.79 Å². The van der Waals surface area contributed by atoms with Crippen LogP contribution in [0.4, 0.5) is 0 Å². The predicted octanol–water partition coefficient (Wildman–Crippen LogP) is 1.26. The van der Waals surface area contributed by atoms with Crippen LogP contribution in [0, 0.1) is 5.92 Å². The van der Waals surface area contributed by atoms with Gasteiger partial charge in [0.05, 0.1) is 6.61 Å². The molecule has 0 bridgehead atoms. The zero-order chi connectivity index (χ0) is 13.0. The van der Waals surface area contributed by atoms with Crippen molar-refractivity contribution in [1.29, 1.82) is 0 Å². The standard InChI is InChI=1S/C14H20N2O2/c1-10(8-15)14(17)16-9-11-6-7-18-13-5-3-2-4-12(11)13/h2-5,10-11H,6-9,15H2,1H3,(H,16,17). The maximum absolute atomic E-state index is 11.7. The van der Waals surface area contributed by atoms with Gasteiger partial charge in [-0.25, -0.2) is 0 Å². The van der Waals surface area contributed by atoms with Crippen LogP contribution in [0.25, 0.3) is 0 Å². The van der Waals surface area contributed by atoms with Crippen molar-refractivity contribution in [2.45, 2.75) is 19.3 Å². The van der Waals surface area contributed by atoms with Gasteiger partial charge in [0.2, 0.25) is 5.91 Å². The monoisotopic (exact) mass is 248 g/mol. The average molecular weight is 248 g/mol. The van der Waals surface area contributed by atoms with Gasteiger partial charge in [0.1, 0.15) is 5.75 Å². The number of ether oxygens (including phenoxy) is 1. The third-order valence-electron chi connectivity index (χ3n) is 3.41. The molecule has 2 atom stereocenters. The minimum absolute atomic E-state index is 0.0291. The summed E-state index contributed by atoms with van der Waals surface area (Å²) in [6.07, 6.45) is 0.939. The first-order valence-corrected chi connectivity index (χ1v) is 6.42. The maximum atomic E-state index is 11.7. The van der Waals surface area contributed by atoms with Gasteiger partial charge in [-0.05, 0) is 18.1 Å². The molecule has 4 heteroatoms. The van der Waals surface area contributed by atoms with E-state index in [9.17, 15) is 4.79 Å². The minimum Gasteiger partial charge on any atom is -0.493 e. The average Bonchev–Trinajstić information content (AvgIpc) is 2.43. The summed E-state index contributed by atoms with van der Waals surface area (Å²) in [5.74, 6) is 1.18. The fraction of sp³-hybridized carbons (Fsp3) is 0.500. The molecule has 2 unspecified atom stereocenters. The van der Waals surface area contributed by atoms with Crippen molar-refractivity contribution in [2.24, 2.45) is 11.7 Å². The molecule has 2 rings (SSSR count). The minimum atomic E-state index is -0.125. The van der Waals surface area contributed by atoms with E-state index in [2.05, 4.69) is 11.4 Å². The summed E-state index contributed by atoms with van der Waals surface area (Å²) in [6, 6.07) is 8.02. The molecule has 0 saturated heterocycles. The molecule has 0 aliphatic carbocycles. The molecule has 98 valence electrons. The molecule has 0 saturated carbocycles. The van der Waals surface area contributed by atoms with Gasteiger partial charge in [-0.2, -0.15) is 0 Å². The molecule has 1 aliphatic heterocycles. The molecule has 0 aromatic heterocycles. The first-order chi connectivity index (χ1) is 8.72. The molecule has 0 spiro atoms. The Labute approximate surface area is 108 Å². The number of amides is 1. The highest BCUT2D eigenvalue weighted by Gasteiger charge is 2.22. The van der Waals surface area contributed by atoms with Crippen molar-refractivity contribution in [3.63, 3.8) is 0 Å². The van der Waals surface area contributed by atoms with Gasteiger partial charge in [0.25, 0.3) is 0 Å². The van der Waals surface area contributed by atoms with E-state index in [1.54, 1.807) is 0 Å². The molecule has 3 N–H and O–H groups in total. The second-order valence-corrected chi connectivity index (χ2v) is 4.75. The van der Waals surface area contributed by atoms with Crippen molar-refractivity contribution in [2.75, 3.05) is 19.7 Å². The molecule has 1 aliphatic rings. The molecule has 1 amide bonds. The number of benzene rings is 1. The third-order valence-corrected chi connectivity index (χ3v) is 3.41. The smallest absolute Gasteiger partial charge is 0.224 e. The lowest BCUT2D eigenvalue weighted by Gasteiger charge is -2.26. The van der Waals surface area contributed by atoms with E-state index in [1.807, 2.05) is 25.1 Å². The Balaban J connectivity index is 1.97. The molecule has 0 radical (unpaired) electrons. The number of rotatable bonds is 4. The van der Waals surface area contributed by atoms with Crippen molar-refractivity contribution in [1.82, 2.24) is 5.32 Å². The van der Waals surface area contributed by atoms with Crippen molar-refractivity contribution >= 4 is 5.91 Å². The van der Waals surface area contributed by atoms with Gasteiger partial charge in [-0.15, -0.1) is 0 Å². The van der Waals surface area contributed by atoms with E-state index < -0.39 is 0 Å². The van der Waals surface area contributed by atoms with Gasteiger partial charge in [-0.1, -0.05) is 25.1 Å². The molecule has 1 aromatic rings. The summed E-state index contributed by atoms with van der Waals surface area (Å²) in [5, 5.41) is 2.97. The maximum Gasteiger partial charge on any atom is 0.224 e. The Morgan fingerprint density at radius 3 is 3.11 bits per heavy atom. The summed E-state index contributed by atoms with van der Waals surface area (Å²) >= 11 is 0. The number of nitrogens with two attached hydrogens (primary N) is 1. The highest BCUT2D eigenvalue weighted by atomic mass is 16.5. The molecular formula is C14H20N2O2. The molecule has 1 heterocycles. The summed E-state index contributed by atoms with van der Waals surface area (Å²) < 4.78 is 5.60. The number of fused-ring (bicyclic) bond motifs is 1. The van der Waals surface area contributed by atoms with Gasteiger partial charge in [0, 0.05) is 24.9 Å². The highest BCUT2D eigenvalue weighted by molar-refractivity contribution is 5.78. The predicted molar refractivity (Wildman–Crippen MR) is 70.5 cm³/mol. The van der Waals surface area contributed by atoms with Crippen molar-refractivity contribution in [3.05, 3.63) is 29.8 Å². The van der Waals surface area contributed by atoms with Crippen LogP contribution in [-0.4, -0.2) is 25.6 Å². The van der Waals surface area contributed by atoms with Crippen LogP contribution >= 0.6 is 0 Å². The lowest BCUT2D eigenvalue weighted by molar-refractivity contribution is -0.124. The van der Waals surface area contributed by atoms with Crippen LogP contribution in [0.15, 0.2) is 24.3 Å². The number of nitrogens with one attached hydrogen (secondary N) is 1. The number of para-hydroxylation sites is 1. The zero-order valence-electron chi connectivity index (χ0n) is 10.7. The van der Waals surface area contributed by atoms with E-state index >= 15 is 0 Å². The fourth-order valence-corrected chi connectivity index (χ4v) is 2.13. The largest absolute Gasteiger partial charge is 0.493 e. The Morgan fingerprint density at radius 2 is 2.33 bits per heavy atom. The molecule has 0 fully saturated rings. The normalized spacial score (nSPS) is 19.6. The van der Waals surface area contributed by atoms with Gasteiger partial charge in [0.15, 0.2) is 0 Å².